The van der Waals surface area contributed by atoms with Crippen LogP contribution in [-0.2, 0) is 6.54 Å². The number of halogens is 1. The topological polar surface area (TPSA) is 18.5 Å². The molecule has 1 aliphatic carbocycles. The largest absolute Gasteiger partial charge is 0.368 e. The van der Waals surface area contributed by atoms with Gasteiger partial charge in [0.1, 0.15) is 0 Å². The van der Waals surface area contributed by atoms with Gasteiger partial charge in [0, 0.05) is 44.0 Å². The summed E-state index contributed by atoms with van der Waals surface area (Å²) in [5.74, 6) is 0.806. The molecule has 0 aromatic heterocycles. The van der Waals surface area contributed by atoms with E-state index in [1.165, 1.54) is 68.6 Å². The molecule has 30 heavy (non-hydrogen) atoms. The molecule has 1 saturated heterocycles. The second-order valence-electron chi connectivity index (χ2n) is 10.1. The van der Waals surface area contributed by atoms with Crippen LogP contribution in [0.3, 0.4) is 0 Å². The molecular weight excluding hydrogens is 390 g/mol. The fraction of sp³-hybridized carbons (Fsp3) is 0.692. The van der Waals surface area contributed by atoms with E-state index in [1.807, 2.05) is 7.05 Å². The van der Waals surface area contributed by atoms with Crippen LogP contribution >= 0.6 is 12.4 Å². The number of nitrogens with one attached hydrogen (secondary N) is 1. The maximum atomic E-state index is 3.32. The summed E-state index contributed by atoms with van der Waals surface area (Å²) in [5, 5.41) is 3.32. The van der Waals surface area contributed by atoms with E-state index in [9.17, 15) is 0 Å². The van der Waals surface area contributed by atoms with Crippen molar-refractivity contribution in [1.29, 1.82) is 0 Å². The lowest BCUT2D eigenvalue weighted by Gasteiger charge is -2.38. The molecule has 4 heteroatoms. The summed E-state index contributed by atoms with van der Waals surface area (Å²) in [7, 11) is 2.04. The molecule has 1 atom stereocenters. The van der Waals surface area contributed by atoms with Crippen LogP contribution < -0.4 is 10.2 Å². The molecule has 3 rings (SSSR count). The van der Waals surface area contributed by atoms with Crippen molar-refractivity contribution in [2.75, 3.05) is 44.7 Å². The lowest BCUT2D eigenvalue weighted by Crippen LogP contribution is -2.47. The van der Waals surface area contributed by atoms with Crippen LogP contribution in [0.4, 0.5) is 5.69 Å². The Labute approximate surface area is 191 Å². The van der Waals surface area contributed by atoms with Crippen LogP contribution in [0.2, 0.25) is 0 Å². The van der Waals surface area contributed by atoms with Gasteiger partial charge in [0.05, 0.1) is 0 Å². The second-order valence-corrected chi connectivity index (χ2v) is 10.1. The zero-order valence-corrected chi connectivity index (χ0v) is 20.8. The van der Waals surface area contributed by atoms with Gasteiger partial charge >= 0.3 is 0 Å². The molecule has 0 amide bonds. The first-order chi connectivity index (χ1) is 13.9. The molecule has 1 heterocycles. The Morgan fingerprint density at radius 2 is 1.83 bits per heavy atom. The summed E-state index contributed by atoms with van der Waals surface area (Å²) in [4.78, 5) is 5.29. The average Bonchev–Trinajstić information content (AvgIpc) is 2.72. The molecule has 1 aromatic carbocycles. The Hall–Kier alpha value is -1.03. The molecule has 0 spiro atoms. The van der Waals surface area contributed by atoms with Gasteiger partial charge in [0.2, 0.25) is 0 Å². The monoisotopic (exact) mass is 433 g/mol. The number of allylic oxidation sites excluding steroid dienone is 2. The smallest absolute Gasteiger partial charge is 0.0446 e. The molecule has 170 valence electrons. The van der Waals surface area contributed by atoms with Crippen molar-refractivity contribution < 1.29 is 0 Å². The molecule has 1 aromatic rings. The Bertz CT molecular complexity index is 684. The third-order valence-electron chi connectivity index (χ3n) is 6.97. The van der Waals surface area contributed by atoms with Crippen LogP contribution in [0.25, 0.3) is 5.57 Å². The van der Waals surface area contributed by atoms with E-state index in [0.717, 1.165) is 25.6 Å². The number of piperazine rings is 1. The zero-order chi connectivity index (χ0) is 20.9. The zero-order valence-electron chi connectivity index (χ0n) is 20.0. The number of benzene rings is 1. The van der Waals surface area contributed by atoms with Crippen molar-refractivity contribution in [3.05, 3.63) is 35.4 Å². The van der Waals surface area contributed by atoms with E-state index in [1.54, 1.807) is 5.57 Å². The summed E-state index contributed by atoms with van der Waals surface area (Å²) in [6.07, 6.45) is 8.92. The number of unbranched alkanes of at least 4 members (excludes halogenated alkanes) is 1. The average molecular weight is 434 g/mol. The fourth-order valence-corrected chi connectivity index (χ4v) is 4.88. The molecule has 0 radical (unpaired) electrons. The highest BCUT2D eigenvalue weighted by atomic mass is 35.5. The van der Waals surface area contributed by atoms with Gasteiger partial charge in [-0.05, 0) is 67.8 Å². The van der Waals surface area contributed by atoms with Crippen molar-refractivity contribution in [1.82, 2.24) is 10.2 Å². The first kappa shape index (κ1) is 25.2. The minimum absolute atomic E-state index is 0. The highest BCUT2D eigenvalue weighted by molar-refractivity contribution is 5.85. The molecule has 0 bridgehead atoms. The van der Waals surface area contributed by atoms with Gasteiger partial charge < -0.3 is 10.2 Å². The standard InChI is InChI=1S/C26H43N3.ClH/c1-6-7-14-28-15-17-29(18-16-28)25-19-21(20-27-5)8-13-24(25)22-9-11-23(12-10-22)26(2,3)4;/h8-9,13,19,23,27H,6-7,10-12,14-18,20H2,1-5H3;1H. The van der Waals surface area contributed by atoms with Crippen molar-refractivity contribution >= 4 is 23.7 Å². The molecule has 1 aliphatic heterocycles. The summed E-state index contributed by atoms with van der Waals surface area (Å²) in [6.45, 7) is 16.4. The quantitative estimate of drug-likeness (QED) is 0.570. The predicted octanol–water partition coefficient (Wildman–Crippen LogP) is 5.98. The van der Waals surface area contributed by atoms with E-state index >= 15 is 0 Å². The first-order valence-corrected chi connectivity index (χ1v) is 11.9. The number of hydrogen-bond acceptors (Lipinski definition) is 3. The molecule has 1 fully saturated rings. The molecule has 1 N–H and O–H groups in total. The SMILES string of the molecule is CCCCN1CCN(c2cc(CNC)ccc2C2=CCC(C(C)(C)C)CC2)CC1.Cl. The molecule has 2 aliphatic rings. The number of nitrogens with zero attached hydrogens (tertiary/aromatic N) is 2. The molecule has 0 saturated carbocycles. The van der Waals surface area contributed by atoms with E-state index in [0.29, 0.717) is 5.41 Å². The summed E-state index contributed by atoms with van der Waals surface area (Å²) < 4.78 is 0. The summed E-state index contributed by atoms with van der Waals surface area (Å²) >= 11 is 0. The van der Waals surface area contributed by atoms with Crippen LogP contribution in [0.5, 0.6) is 0 Å². The second kappa shape index (κ2) is 11.5. The van der Waals surface area contributed by atoms with Crippen molar-refractivity contribution in [3.8, 4) is 0 Å². The third kappa shape index (κ3) is 6.48. The van der Waals surface area contributed by atoms with Gasteiger partial charge in [-0.2, -0.15) is 0 Å². The van der Waals surface area contributed by atoms with Crippen LogP contribution in [0, 0.1) is 11.3 Å². The van der Waals surface area contributed by atoms with Crippen molar-refractivity contribution in [2.24, 2.45) is 11.3 Å². The number of rotatable bonds is 7. The van der Waals surface area contributed by atoms with Crippen LogP contribution in [-0.4, -0.2) is 44.7 Å². The van der Waals surface area contributed by atoms with Crippen molar-refractivity contribution in [2.45, 2.75) is 66.3 Å². The Morgan fingerprint density at radius 3 is 2.40 bits per heavy atom. The normalized spacial score (nSPS) is 20.6. The van der Waals surface area contributed by atoms with Gasteiger partial charge in [-0.15, -0.1) is 12.4 Å². The maximum absolute atomic E-state index is 3.32. The number of hydrogen-bond donors (Lipinski definition) is 1. The van der Waals surface area contributed by atoms with E-state index in [-0.39, 0.29) is 12.4 Å². The summed E-state index contributed by atoms with van der Waals surface area (Å²) in [5.41, 5.74) is 6.33. The third-order valence-corrected chi connectivity index (χ3v) is 6.97. The minimum Gasteiger partial charge on any atom is -0.368 e. The number of anilines is 1. The lowest BCUT2D eigenvalue weighted by atomic mass is 9.72. The lowest BCUT2D eigenvalue weighted by molar-refractivity contribution is 0.225. The van der Waals surface area contributed by atoms with Gasteiger partial charge in [-0.1, -0.05) is 52.3 Å². The molecule has 1 unspecified atom stereocenters. The fourth-order valence-electron chi connectivity index (χ4n) is 4.88. The highest BCUT2D eigenvalue weighted by Crippen LogP contribution is 2.41. The van der Waals surface area contributed by atoms with Gasteiger partial charge in [-0.25, -0.2) is 0 Å². The maximum Gasteiger partial charge on any atom is 0.0446 e. The Balaban J connectivity index is 0.00000320. The first-order valence-electron chi connectivity index (χ1n) is 11.9. The van der Waals surface area contributed by atoms with E-state index in [4.69, 9.17) is 0 Å². The van der Waals surface area contributed by atoms with Crippen LogP contribution in [0.15, 0.2) is 24.3 Å². The van der Waals surface area contributed by atoms with Gasteiger partial charge in [-0.3, -0.25) is 4.90 Å². The molecule has 3 nitrogen and oxygen atoms in total. The Morgan fingerprint density at radius 1 is 1.10 bits per heavy atom. The van der Waals surface area contributed by atoms with E-state index in [2.05, 4.69) is 67.1 Å². The predicted molar refractivity (Wildman–Crippen MR) is 135 cm³/mol. The Kier molecular flexibility index (Phi) is 9.71. The van der Waals surface area contributed by atoms with Crippen LogP contribution in [0.1, 0.15) is 70.9 Å². The van der Waals surface area contributed by atoms with Gasteiger partial charge in [0.25, 0.3) is 0 Å². The van der Waals surface area contributed by atoms with E-state index < -0.39 is 0 Å². The highest BCUT2D eigenvalue weighted by Gasteiger charge is 2.28. The van der Waals surface area contributed by atoms with Crippen molar-refractivity contribution in [3.63, 3.8) is 0 Å². The van der Waals surface area contributed by atoms with Gasteiger partial charge in [0.15, 0.2) is 0 Å². The molecular formula is C26H44ClN3. The summed E-state index contributed by atoms with van der Waals surface area (Å²) in [6, 6.07) is 7.17. The minimum atomic E-state index is 0.